The van der Waals surface area contributed by atoms with Gasteiger partial charge in [-0.25, -0.2) is 9.97 Å². The van der Waals surface area contributed by atoms with Crippen LogP contribution in [0.15, 0.2) is 35.5 Å². The maximum Gasteiger partial charge on any atom is 0.573 e. The minimum absolute atomic E-state index is 0.0794. The van der Waals surface area contributed by atoms with Gasteiger partial charge in [-0.05, 0) is 51.1 Å². The van der Waals surface area contributed by atoms with Crippen molar-refractivity contribution in [3.05, 3.63) is 41.7 Å². The second kappa shape index (κ2) is 9.59. The summed E-state index contributed by atoms with van der Waals surface area (Å²) in [5.74, 6) is -1.75. The lowest BCUT2D eigenvalue weighted by Gasteiger charge is -2.14. The number of hydrogen-bond acceptors (Lipinski definition) is 7. The van der Waals surface area contributed by atoms with Crippen LogP contribution < -0.4 is 10.1 Å². The van der Waals surface area contributed by atoms with E-state index < -0.39 is 30.1 Å². The van der Waals surface area contributed by atoms with E-state index in [0.717, 1.165) is 35.3 Å². The molecule has 1 atom stereocenters. The van der Waals surface area contributed by atoms with Crippen LogP contribution in [-0.4, -0.2) is 40.1 Å². The molecule has 0 radical (unpaired) electrons. The lowest BCUT2D eigenvalue weighted by molar-refractivity contribution is -0.274. The SMILES string of the molecule is Cc1cc(C)nc(SCC(=O)OC(C)C(=O)Nc2ccc(OC(F)(F)F)cc2)n1. The number of esters is 1. The molecule has 7 nitrogen and oxygen atoms in total. The van der Waals surface area contributed by atoms with Crippen LogP contribution in [0, 0.1) is 13.8 Å². The second-order valence-corrected chi connectivity index (χ2v) is 6.86. The van der Waals surface area contributed by atoms with Gasteiger partial charge in [0, 0.05) is 17.1 Å². The van der Waals surface area contributed by atoms with Crippen LogP contribution in [-0.2, 0) is 14.3 Å². The number of anilines is 1. The van der Waals surface area contributed by atoms with Gasteiger partial charge in [0.25, 0.3) is 5.91 Å². The van der Waals surface area contributed by atoms with Gasteiger partial charge in [-0.3, -0.25) is 9.59 Å². The van der Waals surface area contributed by atoms with Gasteiger partial charge in [-0.15, -0.1) is 13.2 Å². The number of rotatable bonds is 7. The summed E-state index contributed by atoms with van der Waals surface area (Å²) >= 11 is 1.09. The largest absolute Gasteiger partial charge is 0.573 e. The molecule has 2 aromatic rings. The molecule has 11 heteroatoms. The molecule has 1 aromatic heterocycles. The topological polar surface area (TPSA) is 90.4 Å². The van der Waals surface area contributed by atoms with Crippen molar-refractivity contribution in [2.75, 3.05) is 11.1 Å². The number of hydrogen-bond donors (Lipinski definition) is 1. The molecule has 2 rings (SSSR count). The summed E-state index contributed by atoms with van der Waals surface area (Å²) in [5.41, 5.74) is 1.77. The van der Waals surface area contributed by atoms with E-state index in [1.54, 1.807) is 6.07 Å². The first-order valence-electron chi connectivity index (χ1n) is 8.33. The highest BCUT2D eigenvalue weighted by molar-refractivity contribution is 7.99. The molecule has 29 heavy (non-hydrogen) atoms. The number of nitrogens with one attached hydrogen (secondary N) is 1. The molecule has 0 saturated carbocycles. The Bertz CT molecular complexity index is 855. The third kappa shape index (κ3) is 7.98. The fourth-order valence-corrected chi connectivity index (χ4v) is 2.88. The quantitative estimate of drug-likeness (QED) is 0.408. The molecular formula is C18H18F3N3O4S. The third-order valence-electron chi connectivity index (χ3n) is 3.31. The molecule has 0 aliphatic rings. The zero-order valence-electron chi connectivity index (χ0n) is 15.7. The molecular weight excluding hydrogens is 411 g/mol. The van der Waals surface area contributed by atoms with Crippen LogP contribution in [0.2, 0.25) is 0 Å². The van der Waals surface area contributed by atoms with Crippen molar-refractivity contribution in [3.8, 4) is 5.75 Å². The third-order valence-corrected chi connectivity index (χ3v) is 4.13. The fourth-order valence-electron chi connectivity index (χ4n) is 2.15. The van der Waals surface area contributed by atoms with E-state index >= 15 is 0 Å². The Balaban J connectivity index is 1.82. The number of aromatic nitrogens is 2. The van der Waals surface area contributed by atoms with Crippen molar-refractivity contribution in [1.82, 2.24) is 9.97 Å². The zero-order chi connectivity index (χ0) is 21.6. The van der Waals surface area contributed by atoms with Crippen molar-refractivity contribution in [2.45, 2.75) is 38.4 Å². The summed E-state index contributed by atoms with van der Waals surface area (Å²) in [6.45, 7) is 5.00. The highest BCUT2D eigenvalue weighted by atomic mass is 32.2. The number of ether oxygens (including phenoxy) is 2. The lowest BCUT2D eigenvalue weighted by Crippen LogP contribution is -2.30. The molecule has 1 amide bonds. The van der Waals surface area contributed by atoms with Gasteiger partial charge in [0.1, 0.15) is 5.75 Å². The van der Waals surface area contributed by atoms with E-state index in [9.17, 15) is 22.8 Å². The number of benzene rings is 1. The summed E-state index contributed by atoms with van der Waals surface area (Å²) in [5, 5.41) is 2.87. The van der Waals surface area contributed by atoms with Crippen molar-refractivity contribution in [2.24, 2.45) is 0 Å². The van der Waals surface area contributed by atoms with Crippen molar-refractivity contribution >= 4 is 29.3 Å². The number of amides is 1. The minimum Gasteiger partial charge on any atom is -0.452 e. The summed E-state index contributed by atoms with van der Waals surface area (Å²) in [6, 6.07) is 6.39. The molecule has 1 heterocycles. The van der Waals surface area contributed by atoms with Gasteiger partial charge >= 0.3 is 12.3 Å². The van der Waals surface area contributed by atoms with E-state index in [-0.39, 0.29) is 11.4 Å². The first-order valence-corrected chi connectivity index (χ1v) is 9.31. The van der Waals surface area contributed by atoms with E-state index in [1.165, 1.54) is 19.1 Å². The molecule has 0 saturated heterocycles. The van der Waals surface area contributed by atoms with E-state index in [0.29, 0.717) is 5.16 Å². The van der Waals surface area contributed by atoms with Gasteiger partial charge in [0.05, 0.1) is 5.75 Å². The predicted molar refractivity (Wildman–Crippen MR) is 99.5 cm³/mol. The average molecular weight is 429 g/mol. The number of nitrogens with zero attached hydrogens (tertiary/aromatic N) is 2. The average Bonchev–Trinajstić information content (AvgIpc) is 2.59. The Labute approximate surface area is 169 Å². The van der Waals surface area contributed by atoms with E-state index in [1.807, 2.05) is 13.8 Å². The molecule has 0 aliphatic carbocycles. The number of halogens is 3. The van der Waals surface area contributed by atoms with Gasteiger partial charge in [0.2, 0.25) is 0 Å². The first-order chi connectivity index (χ1) is 13.5. The van der Waals surface area contributed by atoms with Crippen LogP contribution in [0.1, 0.15) is 18.3 Å². The van der Waals surface area contributed by atoms with Crippen LogP contribution in [0.4, 0.5) is 18.9 Å². The Morgan fingerprint density at radius 3 is 2.28 bits per heavy atom. The summed E-state index contributed by atoms with van der Waals surface area (Å²) in [7, 11) is 0. The number of aryl methyl sites for hydroxylation is 2. The van der Waals surface area contributed by atoms with Crippen molar-refractivity contribution in [3.63, 3.8) is 0 Å². The zero-order valence-corrected chi connectivity index (χ0v) is 16.6. The summed E-state index contributed by atoms with van der Waals surface area (Å²) in [6.07, 6.45) is -5.90. The Kier molecular flexibility index (Phi) is 7.43. The highest BCUT2D eigenvalue weighted by Gasteiger charge is 2.31. The van der Waals surface area contributed by atoms with Crippen LogP contribution in [0.5, 0.6) is 5.75 Å². The molecule has 0 fully saturated rings. The summed E-state index contributed by atoms with van der Waals surface area (Å²) in [4.78, 5) is 32.4. The standard InChI is InChI=1S/C18H18F3N3O4S/c1-10-8-11(2)23-17(22-10)29-9-15(25)27-12(3)16(26)24-13-4-6-14(7-5-13)28-18(19,20)21/h4-8,12H,9H2,1-3H3,(H,24,26). The molecule has 1 unspecified atom stereocenters. The van der Waals surface area contributed by atoms with Crippen LogP contribution in [0.25, 0.3) is 0 Å². The maximum atomic E-state index is 12.1. The molecule has 0 spiro atoms. The molecule has 1 aromatic carbocycles. The van der Waals surface area contributed by atoms with Crippen LogP contribution >= 0.6 is 11.8 Å². The molecule has 0 aliphatic heterocycles. The van der Waals surface area contributed by atoms with Crippen molar-refractivity contribution < 1.29 is 32.2 Å². The molecule has 0 bridgehead atoms. The number of carbonyl (C=O) groups is 2. The van der Waals surface area contributed by atoms with E-state index in [4.69, 9.17) is 4.74 Å². The second-order valence-electron chi connectivity index (χ2n) is 5.92. The lowest BCUT2D eigenvalue weighted by atomic mass is 10.3. The number of alkyl halides is 3. The van der Waals surface area contributed by atoms with Gasteiger partial charge in [-0.2, -0.15) is 0 Å². The van der Waals surface area contributed by atoms with Crippen LogP contribution in [0.3, 0.4) is 0 Å². The first kappa shape index (κ1) is 22.5. The fraction of sp³-hybridized carbons (Fsp3) is 0.333. The Hall–Kier alpha value is -2.82. The smallest absolute Gasteiger partial charge is 0.452 e. The maximum absolute atomic E-state index is 12.1. The Morgan fingerprint density at radius 1 is 1.14 bits per heavy atom. The van der Waals surface area contributed by atoms with Gasteiger partial charge in [-0.1, -0.05) is 11.8 Å². The van der Waals surface area contributed by atoms with Gasteiger partial charge < -0.3 is 14.8 Å². The highest BCUT2D eigenvalue weighted by Crippen LogP contribution is 2.24. The minimum atomic E-state index is -4.80. The van der Waals surface area contributed by atoms with E-state index in [2.05, 4.69) is 20.0 Å². The Morgan fingerprint density at radius 2 is 1.72 bits per heavy atom. The molecule has 156 valence electrons. The monoisotopic (exact) mass is 429 g/mol. The predicted octanol–water partition coefficient (Wildman–Crippen LogP) is 3.65. The number of thioether (sulfide) groups is 1. The molecule has 1 N–H and O–H groups in total. The number of carbonyl (C=O) groups excluding carboxylic acids is 2. The van der Waals surface area contributed by atoms with Gasteiger partial charge in [0.15, 0.2) is 11.3 Å². The van der Waals surface area contributed by atoms with Crippen molar-refractivity contribution in [1.29, 1.82) is 0 Å². The summed E-state index contributed by atoms with van der Waals surface area (Å²) < 4.78 is 45.2. The normalized spacial score (nSPS) is 12.2.